The second kappa shape index (κ2) is 8.04. The van der Waals surface area contributed by atoms with E-state index < -0.39 is 0 Å². The topological polar surface area (TPSA) is 35.5 Å². The van der Waals surface area contributed by atoms with Crippen molar-refractivity contribution in [1.29, 1.82) is 0 Å². The predicted octanol–water partition coefficient (Wildman–Crippen LogP) is 1.47. The van der Waals surface area contributed by atoms with Crippen LogP contribution in [0.1, 0.15) is 39.5 Å². The van der Waals surface area contributed by atoms with E-state index in [0.29, 0.717) is 6.04 Å². The molecule has 2 N–H and O–H groups in total. The molecule has 0 spiro atoms. The lowest BCUT2D eigenvalue weighted by atomic mass is 9.92. The normalized spacial score (nSPS) is 27.2. The Morgan fingerprint density at radius 2 is 2.12 bits per heavy atom. The van der Waals surface area contributed by atoms with Gasteiger partial charge in [0.25, 0.3) is 0 Å². The predicted molar refractivity (Wildman–Crippen MR) is 68.6 cm³/mol. The lowest BCUT2D eigenvalue weighted by Crippen LogP contribution is -2.49. The number of aliphatic hydroxyl groups excluding tert-OH is 1. The maximum absolute atomic E-state index is 8.85. The Kier molecular flexibility index (Phi) is 7.01. The molecule has 0 radical (unpaired) electrons. The molecule has 1 heterocycles. The van der Waals surface area contributed by atoms with Crippen LogP contribution in [-0.2, 0) is 0 Å². The number of nitrogens with zero attached hydrogens (tertiary/aromatic N) is 1. The highest BCUT2D eigenvalue weighted by atomic mass is 16.3. The monoisotopic (exact) mass is 228 g/mol. The van der Waals surface area contributed by atoms with Crippen molar-refractivity contribution in [2.75, 3.05) is 32.8 Å². The van der Waals surface area contributed by atoms with Gasteiger partial charge in [-0.25, -0.2) is 0 Å². The summed E-state index contributed by atoms with van der Waals surface area (Å²) in [6.45, 7) is 9.21. The fourth-order valence-electron chi connectivity index (χ4n) is 2.58. The highest BCUT2D eigenvalue weighted by molar-refractivity contribution is 4.82. The first-order chi connectivity index (χ1) is 7.80. The van der Waals surface area contributed by atoms with Gasteiger partial charge in [-0.3, -0.25) is 0 Å². The molecule has 2 unspecified atom stereocenters. The minimum atomic E-state index is 0.252. The summed E-state index contributed by atoms with van der Waals surface area (Å²) in [7, 11) is 0. The molecule has 0 saturated carbocycles. The molecule has 1 aliphatic rings. The molecule has 0 aromatic heterocycles. The molecule has 1 rings (SSSR count). The first-order valence-corrected chi connectivity index (χ1v) is 6.86. The van der Waals surface area contributed by atoms with Gasteiger partial charge in [-0.05, 0) is 25.3 Å². The van der Waals surface area contributed by atoms with Gasteiger partial charge in [-0.15, -0.1) is 0 Å². The third-order valence-corrected chi connectivity index (χ3v) is 3.56. The Morgan fingerprint density at radius 1 is 1.31 bits per heavy atom. The number of nitrogens with one attached hydrogen (secondary N) is 1. The first kappa shape index (κ1) is 13.9. The summed E-state index contributed by atoms with van der Waals surface area (Å²) >= 11 is 0. The van der Waals surface area contributed by atoms with Crippen LogP contribution < -0.4 is 5.32 Å². The minimum absolute atomic E-state index is 0.252. The van der Waals surface area contributed by atoms with Gasteiger partial charge < -0.3 is 15.3 Å². The van der Waals surface area contributed by atoms with E-state index in [9.17, 15) is 0 Å². The van der Waals surface area contributed by atoms with Crippen LogP contribution in [0.5, 0.6) is 0 Å². The SMILES string of the molecule is CCCCN1CC(CC)CC(NCCO)C1. The van der Waals surface area contributed by atoms with E-state index in [1.807, 2.05) is 0 Å². The number of likely N-dealkylation sites (tertiary alicyclic amines) is 1. The summed E-state index contributed by atoms with van der Waals surface area (Å²) < 4.78 is 0. The van der Waals surface area contributed by atoms with Crippen molar-refractivity contribution in [1.82, 2.24) is 10.2 Å². The van der Waals surface area contributed by atoms with Crippen molar-refractivity contribution in [3.8, 4) is 0 Å². The van der Waals surface area contributed by atoms with E-state index in [1.54, 1.807) is 0 Å². The van der Waals surface area contributed by atoms with Crippen molar-refractivity contribution in [2.24, 2.45) is 5.92 Å². The molecule has 0 amide bonds. The summed E-state index contributed by atoms with van der Waals surface area (Å²) in [5, 5.41) is 12.3. The van der Waals surface area contributed by atoms with Gasteiger partial charge in [0.2, 0.25) is 0 Å². The van der Waals surface area contributed by atoms with Crippen LogP contribution in [0.4, 0.5) is 0 Å². The average Bonchev–Trinajstić information content (AvgIpc) is 2.33. The van der Waals surface area contributed by atoms with Crippen molar-refractivity contribution in [3.05, 3.63) is 0 Å². The second-order valence-corrected chi connectivity index (χ2v) is 5.00. The highest BCUT2D eigenvalue weighted by Crippen LogP contribution is 2.20. The maximum atomic E-state index is 8.85. The summed E-state index contributed by atoms with van der Waals surface area (Å²) in [5.74, 6) is 0.835. The van der Waals surface area contributed by atoms with Crippen LogP contribution >= 0.6 is 0 Å². The van der Waals surface area contributed by atoms with Gasteiger partial charge in [0, 0.05) is 25.7 Å². The van der Waals surface area contributed by atoms with Gasteiger partial charge >= 0.3 is 0 Å². The van der Waals surface area contributed by atoms with Crippen molar-refractivity contribution in [3.63, 3.8) is 0 Å². The average molecular weight is 228 g/mol. The molecule has 96 valence electrons. The standard InChI is InChI=1S/C13H28N2O/c1-3-5-7-15-10-12(4-2)9-13(11-15)14-6-8-16/h12-14,16H,3-11H2,1-2H3. The van der Waals surface area contributed by atoms with Crippen molar-refractivity contribution >= 4 is 0 Å². The quantitative estimate of drug-likeness (QED) is 0.692. The smallest absolute Gasteiger partial charge is 0.0556 e. The molecule has 1 saturated heterocycles. The molecule has 0 aromatic rings. The number of aliphatic hydroxyl groups is 1. The Hall–Kier alpha value is -0.120. The van der Waals surface area contributed by atoms with E-state index in [1.165, 1.54) is 38.8 Å². The zero-order chi connectivity index (χ0) is 11.8. The molecule has 1 aliphatic heterocycles. The largest absolute Gasteiger partial charge is 0.395 e. The molecule has 3 nitrogen and oxygen atoms in total. The fraction of sp³-hybridized carbons (Fsp3) is 1.00. The summed E-state index contributed by atoms with van der Waals surface area (Å²) in [4.78, 5) is 2.59. The van der Waals surface area contributed by atoms with E-state index in [0.717, 1.165) is 19.0 Å². The van der Waals surface area contributed by atoms with Gasteiger partial charge in [-0.1, -0.05) is 26.7 Å². The zero-order valence-electron chi connectivity index (χ0n) is 10.9. The van der Waals surface area contributed by atoms with Gasteiger partial charge in [0.15, 0.2) is 0 Å². The summed E-state index contributed by atoms with van der Waals surface area (Å²) in [6.07, 6.45) is 5.14. The summed E-state index contributed by atoms with van der Waals surface area (Å²) in [6, 6.07) is 0.586. The molecule has 16 heavy (non-hydrogen) atoms. The number of unbranched alkanes of at least 4 members (excludes halogenated alkanes) is 1. The van der Waals surface area contributed by atoms with Crippen LogP contribution in [0.3, 0.4) is 0 Å². The molecular formula is C13H28N2O. The van der Waals surface area contributed by atoms with E-state index >= 15 is 0 Å². The van der Waals surface area contributed by atoms with Crippen LogP contribution in [-0.4, -0.2) is 48.8 Å². The molecule has 0 bridgehead atoms. The number of piperidine rings is 1. The molecule has 1 fully saturated rings. The third-order valence-electron chi connectivity index (χ3n) is 3.56. The number of hydrogen-bond donors (Lipinski definition) is 2. The van der Waals surface area contributed by atoms with Crippen molar-refractivity contribution < 1.29 is 5.11 Å². The summed E-state index contributed by atoms with van der Waals surface area (Å²) in [5.41, 5.74) is 0. The van der Waals surface area contributed by atoms with E-state index in [4.69, 9.17) is 5.11 Å². The van der Waals surface area contributed by atoms with Crippen molar-refractivity contribution in [2.45, 2.75) is 45.6 Å². The lowest BCUT2D eigenvalue weighted by molar-refractivity contribution is 0.133. The second-order valence-electron chi connectivity index (χ2n) is 5.00. The minimum Gasteiger partial charge on any atom is -0.395 e. The van der Waals surface area contributed by atoms with Gasteiger partial charge in [0.1, 0.15) is 0 Å². The van der Waals surface area contributed by atoms with Crippen LogP contribution in [0.15, 0.2) is 0 Å². The Labute approximate surface area is 100 Å². The molecule has 2 atom stereocenters. The third kappa shape index (κ3) is 4.81. The van der Waals surface area contributed by atoms with E-state index in [-0.39, 0.29) is 6.61 Å². The first-order valence-electron chi connectivity index (χ1n) is 6.86. The maximum Gasteiger partial charge on any atom is 0.0556 e. The molecular weight excluding hydrogens is 200 g/mol. The fourth-order valence-corrected chi connectivity index (χ4v) is 2.58. The number of hydrogen-bond acceptors (Lipinski definition) is 3. The molecule has 0 aliphatic carbocycles. The number of rotatable bonds is 7. The lowest BCUT2D eigenvalue weighted by Gasteiger charge is -2.38. The highest BCUT2D eigenvalue weighted by Gasteiger charge is 2.25. The Balaban J connectivity index is 2.34. The Bertz CT molecular complexity index is 159. The van der Waals surface area contributed by atoms with Gasteiger partial charge in [-0.2, -0.15) is 0 Å². The molecule has 3 heteroatoms. The zero-order valence-corrected chi connectivity index (χ0v) is 10.9. The van der Waals surface area contributed by atoms with Crippen LogP contribution in [0, 0.1) is 5.92 Å². The van der Waals surface area contributed by atoms with Crippen LogP contribution in [0.2, 0.25) is 0 Å². The van der Waals surface area contributed by atoms with E-state index in [2.05, 4.69) is 24.1 Å². The molecule has 0 aromatic carbocycles. The Morgan fingerprint density at radius 3 is 2.75 bits per heavy atom. The van der Waals surface area contributed by atoms with Gasteiger partial charge in [0.05, 0.1) is 6.61 Å². The van der Waals surface area contributed by atoms with Crippen LogP contribution in [0.25, 0.3) is 0 Å².